The van der Waals surface area contributed by atoms with Crippen LogP contribution in [0.25, 0.3) is 22.2 Å². The second-order valence-electron chi connectivity index (χ2n) is 6.52. The fourth-order valence-corrected chi connectivity index (χ4v) is 3.32. The van der Waals surface area contributed by atoms with Crippen molar-refractivity contribution in [2.45, 2.75) is 13.8 Å². The number of carbonyl (C=O) groups is 1. The maximum absolute atomic E-state index is 12.8. The van der Waals surface area contributed by atoms with Crippen LogP contribution in [0.5, 0.6) is 0 Å². The molecule has 0 atom stereocenters. The third-order valence-electron chi connectivity index (χ3n) is 4.47. The van der Waals surface area contributed by atoms with Gasteiger partial charge in [-0.3, -0.25) is 9.59 Å². The lowest BCUT2D eigenvalue weighted by atomic mass is 10.1. The lowest BCUT2D eigenvalue weighted by Gasteiger charge is -2.05. The number of carbonyl (C=O) groups excluding carboxylic acids is 1. The summed E-state index contributed by atoms with van der Waals surface area (Å²) in [4.78, 5) is 28.6. The molecule has 29 heavy (non-hydrogen) atoms. The van der Waals surface area contributed by atoms with E-state index in [0.717, 1.165) is 10.0 Å². The summed E-state index contributed by atoms with van der Waals surface area (Å²) in [5, 5.41) is 4.74. The molecule has 0 amide bonds. The molecule has 0 spiro atoms. The molecular weight excluding hydrogens is 434 g/mol. The average Bonchev–Trinajstić information content (AvgIpc) is 3.17. The molecule has 4 aromatic rings. The number of ketones is 1. The molecule has 2 heterocycles. The standard InChI is InChI=1S/C22H16BrN3O3/c1-13(27)15-3-5-16(6-4-15)21-10-8-18(29-21)12-24-26-14(2)25-20-9-7-17(23)11-19(20)22(26)28/h3-12H,1-2H3. The Kier molecular flexibility index (Phi) is 4.98. The van der Waals surface area contributed by atoms with E-state index in [1.165, 1.54) is 17.8 Å². The minimum atomic E-state index is -0.253. The van der Waals surface area contributed by atoms with Crippen LogP contribution in [0.4, 0.5) is 0 Å². The molecule has 4 rings (SSSR count). The molecule has 0 aliphatic carbocycles. The molecule has 0 aliphatic rings. The van der Waals surface area contributed by atoms with Crippen LogP contribution in [0.15, 0.2) is 73.4 Å². The summed E-state index contributed by atoms with van der Waals surface area (Å²) in [6, 6.07) is 16.1. The van der Waals surface area contributed by atoms with Crippen molar-refractivity contribution in [3.63, 3.8) is 0 Å². The highest BCUT2D eigenvalue weighted by Gasteiger charge is 2.09. The lowest BCUT2D eigenvalue weighted by molar-refractivity contribution is 0.101. The Morgan fingerprint density at radius 3 is 2.62 bits per heavy atom. The molecule has 0 bridgehead atoms. The summed E-state index contributed by atoms with van der Waals surface area (Å²) in [6.07, 6.45) is 1.48. The Morgan fingerprint density at radius 2 is 1.90 bits per heavy atom. The van der Waals surface area contributed by atoms with Crippen LogP contribution in [0.3, 0.4) is 0 Å². The second kappa shape index (κ2) is 7.60. The van der Waals surface area contributed by atoms with E-state index in [4.69, 9.17) is 4.42 Å². The normalized spacial score (nSPS) is 11.4. The molecular formula is C22H16BrN3O3. The first-order valence-electron chi connectivity index (χ1n) is 8.87. The first-order valence-corrected chi connectivity index (χ1v) is 9.66. The van der Waals surface area contributed by atoms with Gasteiger partial charge in [0.15, 0.2) is 5.78 Å². The third-order valence-corrected chi connectivity index (χ3v) is 4.97. The van der Waals surface area contributed by atoms with Crippen LogP contribution in [0.1, 0.15) is 28.9 Å². The maximum Gasteiger partial charge on any atom is 0.282 e. The van der Waals surface area contributed by atoms with Crippen molar-refractivity contribution in [1.29, 1.82) is 0 Å². The highest BCUT2D eigenvalue weighted by molar-refractivity contribution is 9.10. The minimum Gasteiger partial charge on any atom is -0.455 e. The van der Waals surface area contributed by atoms with E-state index in [9.17, 15) is 9.59 Å². The predicted octanol–water partition coefficient (Wildman–Crippen LogP) is 4.81. The van der Waals surface area contributed by atoms with Gasteiger partial charge < -0.3 is 4.42 Å². The SMILES string of the molecule is CC(=O)c1ccc(-c2ccc(C=Nn3c(C)nc4ccc(Br)cc4c3=O)o2)cc1. The van der Waals surface area contributed by atoms with Gasteiger partial charge in [0.2, 0.25) is 0 Å². The number of Topliss-reactive ketones (excluding diaryl/α,β-unsaturated/α-hetero) is 1. The molecule has 144 valence electrons. The van der Waals surface area contributed by atoms with Crippen molar-refractivity contribution in [1.82, 2.24) is 9.66 Å². The minimum absolute atomic E-state index is 0.0145. The van der Waals surface area contributed by atoms with Gasteiger partial charge in [-0.15, -0.1) is 0 Å². The van der Waals surface area contributed by atoms with E-state index < -0.39 is 0 Å². The first kappa shape index (κ1) is 19.0. The van der Waals surface area contributed by atoms with E-state index in [1.54, 1.807) is 37.3 Å². The molecule has 7 heteroatoms. The third kappa shape index (κ3) is 3.82. The Hall–Kier alpha value is -3.32. The molecule has 6 nitrogen and oxygen atoms in total. The summed E-state index contributed by atoms with van der Waals surface area (Å²) >= 11 is 3.37. The van der Waals surface area contributed by atoms with Crippen LogP contribution in [0.2, 0.25) is 0 Å². The van der Waals surface area contributed by atoms with Crippen LogP contribution in [-0.4, -0.2) is 21.7 Å². The molecule has 0 aliphatic heterocycles. The number of nitrogens with zero attached hydrogens (tertiary/aromatic N) is 3. The van der Waals surface area contributed by atoms with Gasteiger partial charge in [0.05, 0.1) is 17.1 Å². The molecule has 2 aromatic carbocycles. The number of hydrogen-bond donors (Lipinski definition) is 0. The molecule has 0 N–H and O–H groups in total. The largest absolute Gasteiger partial charge is 0.455 e. The summed E-state index contributed by atoms with van der Waals surface area (Å²) in [7, 11) is 0. The zero-order valence-corrected chi connectivity index (χ0v) is 17.3. The van der Waals surface area contributed by atoms with Crippen molar-refractivity contribution in [2.24, 2.45) is 5.10 Å². The van der Waals surface area contributed by atoms with Crippen molar-refractivity contribution in [2.75, 3.05) is 0 Å². The molecule has 0 saturated heterocycles. The van der Waals surface area contributed by atoms with E-state index >= 15 is 0 Å². The number of halogens is 1. The van der Waals surface area contributed by atoms with E-state index in [1.807, 2.05) is 24.3 Å². The summed E-state index contributed by atoms with van der Waals surface area (Å²) < 4.78 is 7.85. The Morgan fingerprint density at radius 1 is 1.14 bits per heavy atom. The zero-order chi connectivity index (χ0) is 20.5. The van der Waals surface area contributed by atoms with Crippen LogP contribution in [-0.2, 0) is 0 Å². The van der Waals surface area contributed by atoms with Gasteiger partial charge in [0.25, 0.3) is 5.56 Å². The lowest BCUT2D eigenvalue weighted by Crippen LogP contribution is -2.20. The van der Waals surface area contributed by atoms with E-state index in [-0.39, 0.29) is 11.3 Å². The number of rotatable bonds is 4. The number of benzene rings is 2. The number of hydrogen-bond acceptors (Lipinski definition) is 5. The second-order valence-corrected chi connectivity index (χ2v) is 7.43. The Bertz CT molecular complexity index is 1320. The fourth-order valence-electron chi connectivity index (χ4n) is 2.96. The van der Waals surface area contributed by atoms with Crippen molar-refractivity contribution in [3.05, 3.63) is 86.6 Å². The van der Waals surface area contributed by atoms with Gasteiger partial charge in [-0.2, -0.15) is 9.78 Å². The van der Waals surface area contributed by atoms with Gasteiger partial charge in [-0.1, -0.05) is 40.2 Å². The number of furan rings is 1. The highest BCUT2D eigenvalue weighted by atomic mass is 79.9. The monoisotopic (exact) mass is 449 g/mol. The predicted molar refractivity (Wildman–Crippen MR) is 116 cm³/mol. The molecule has 2 aromatic heterocycles. The van der Waals surface area contributed by atoms with Crippen LogP contribution >= 0.6 is 15.9 Å². The first-order chi connectivity index (χ1) is 13.9. The van der Waals surface area contributed by atoms with Crippen molar-refractivity contribution in [3.8, 4) is 11.3 Å². The molecule has 0 radical (unpaired) electrons. The maximum atomic E-state index is 12.8. The summed E-state index contributed by atoms with van der Waals surface area (Å²) in [5.41, 5.74) is 1.86. The molecule has 0 fully saturated rings. The zero-order valence-electron chi connectivity index (χ0n) is 15.7. The van der Waals surface area contributed by atoms with Gasteiger partial charge in [0, 0.05) is 15.6 Å². The fraction of sp³-hybridized carbons (Fsp3) is 0.0909. The average molecular weight is 450 g/mol. The van der Waals surface area contributed by atoms with E-state index in [2.05, 4.69) is 26.0 Å². The summed E-state index contributed by atoms with van der Waals surface area (Å²) in [5.74, 6) is 1.63. The molecule has 0 unspecified atom stereocenters. The number of fused-ring (bicyclic) bond motifs is 1. The van der Waals surface area contributed by atoms with Gasteiger partial charge in [0.1, 0.15) is 17.3 Å². The topological polar surface area (TPSA) is 77.5 Å². The van der Waals surface area contributed by atoms with Gasteiger partial charge >= 0.3 is 0 Å². The van der Waals surface area contributed by atoms with Gasteiger partial charge in [-0.05, 0) is 44.2 Å². The molecule has 0 saturated carbocycles. The van der Waals surface area contributed by atoms with E-state index in [0.29, 0.717) is 33.8 Å². The van der Waals surface area contributed by atoms with Crippen LogP contribution < -0.4 is 5.56 Å². The van der Waals surface area contributed by atoms with Crippen molar-refractivity contribution < 1.29 is 9.21 Å². The quantitative estimate of drug-likeness (QED) is 0.330. The van der Waals surface area contributed by atoms with Gasteiger partial charge in [-0.25, -0.2) is 4.98 Å². The Balaban J connectivity index is 1.65. The summed E-state index contributed by atoms with van der Waals surface area (Å²) in [6.45, 7) is 3.26. The highest BCUT2D eigenvalue weighted by Crippen LogP contribution is 2.22. The van der Waals surface area contributed by atoms with Crippen LogP contribution in [0, 0.1) is 6.92 Å². The number of aromatic nitrogens is 2. The number of aryl methyl sites for hydroxylation is 1. The van der Waals surface area contributed by atoms with Crippen molar-refractivity contribution >= 4 is 38.8 Å². The smallest absolute Gasteiger partial charge is 0.282 e. The Labute approximate surface area is 174 Å².